The molecule has 0 atom stereocenters. The lowest BCUT2D eigenvalue weighted by Gasteiger charge is -2.05. The summed E-state index contributed by atoms with van der Waals surface area (Å²) in [6, 6.07) is 0. The smallest absolute Gasteiger partial charge is 0.341 e. The second-order valence-electron chi connectivity index (χ2n) is 3.16. The Labute approximate surface area is 94.5 Å². The van der Waals surface area contributed by atoms with E-state index in [0.29, 0.717) is 12.2 Å². The molecule has 1 aromatic heterocycles. The Morgan fingerprint density at radius 1 is 1.47 bits per heavy atom. The summed E-state index contributed by atoms with van der Waals surface area (Å²) in [5.41, 5.74) is 1.81. The summed E-state index contributed by atoms with van der Waals surface area (Å²) in [5, 5.41) is 3.95. The first-order chi connectivity index (χ1) is 7.15. The van der Waals surface area contributed by atoms with Gasteiger partial charge in [-0.25, -0.2) is 4.79 Å². The van der Waals surface area contributed by atoms with Gasteiger partial charge in [-0.2, -0.15) is 0 Å². The number of aryl methyl sites for hydroxylation is 1. The van der Waals surface area contributed by atoms with E-state index in [2.05, 4.69) is 12.2 Å². The number of nitrogens with one attached hydrogen (secondary N) is 1. The van der Waals surface area contributed by atoms with Gasteiger partial charge in [0.05, 0.1) is 12.2 Å². The van der Waals surface area contributed by atoms with Crippen molar-refractivity contribution in [3.8, 4) is 0 Å². The van der Waals surface area contributed by atoms with Gasteiger partial charge in [0.2, 0.25) is 0 Å². The van der Waals surface area contributed by atoms with Gasteiger partial charge < -0.3 is 10.1 Å². The summed E-state index contributed by atoms with van der Waals surface area (Å²) >= 11 is 1.61. The van der Waals surface area contributed by atoms with Gasteiger partial charge in [0.25, 0.3) is 0 Å². The largest absolute Gasteiger partial charge is 0.462 e. The number of ether oxygens (including phenoxy) is 1. The van der Waals surface area contributed by atoms with Crippen LogP contribution in [-0.2, 0) is 11.2 Å². The van der Waals surface area contributed by atoms with Crippen LogP contribution in [0, 0.1) is 6.92 Å². The van der Waals surface area contributed by atoms with Crippen molar-refractivity contribution in [1.82, 2.24) is 0 Å². The molecule has 0 aliphatic rings. The minimum absolute atomic E-state index is 0.219. The van der Waals surface area contributed by atoms with Gasteiger partial charge in [0, 0.05) is 11.9 Å². The van der Waals surface area contributed by atoms with Crippen LogP contribution in [0.25, 0.3) is 0 Å². The lowest BCUT2D eigenvalue weighted by Crippen LogP contribution is -2.08. The van der Waals surface area contributed by atoms with Crippen LogP contribution in [-0.4, -0.2) is 19.6 Å². The third kappa shape index (κ3) is 2.31. The molecule has 0 saturated heterocycles. The van der Waals surface area contributed by atoms with Crippen LogP contribution in [0.2, 0.25) is 0 Å². The third-order valence-corrected chi connectivity index (χ3v) is 3.43. The molecule has 4 heteroatoms. The molecular weight excluding hydrogens is 210 g/mol. The molecule has 0 unspecified atom stereocenters. The van der Waals surface area contributed by atoms with E-state index in [4.69, 9.17) is 4.74 Å². The maximum Gasteiger partial charge on any atom is 0.341 e. The van der Waals surface area contributed by atoms with E-state index in [1.165, 1.54) is 4.88 Å². The van der Waals surface area contributed by atoms with Crippen molar-refractivity contribution < 1.29 is 9.53 Å². The van der Waals surface area contributed by atoms with Crippen LogP contribution in [0.5, 0.6) is 0 Å². The molecular formula is C11H17NO2S. The Kier molecular flexibility index (Phi) is 4.15. The highest BCUT2D eigenvalue weighted by Crippen LogP contribution is 2.33. The Morgan fingerprint density at radius 2 is 2.13 bits per heavy atom. The number of rotatable bonds is 4. The normalized spacial score (nSPS) is 10.1. The predicted octanol–water partition coefficient (Wildman–Crippen LogP) is 2.84. The van der Waals surface area contributed by atoms with Crippen LogP contribution in [0.1, 0.15) is 34.6 Å². The molecule has 0 aliphatic carbocycles. The quantitative estimate of drug-likeness (QED) is 0.804. The van der Waals surface area contributed by atoms with Gasteiger partial charge in [-0.3, -0.25) is 0 Å². The lowest BCUT2D eigenvalue weighted by atomic mass is 10.1. The van der Waals surface area contributed by atoms with Crippen LogP contribution in [0.15, 0.2) is 0 Å². The number of hydrogen-bond acceptors (Lipinski definition) is 4. The van der Waals surface area contributed by atoms with Crippen LogP contribution < -0.4 is 5.32 Å². The highest BCUT2D eigenvalue weighted by molar-refractivity contribution is 7.16. The Hall–Kier alpha value is -1.03. The van der Waals surface area contributed by atoms with E-state index in [0.717, 1.165) is 17.0 Å². The number of esters is 1. The first-order valence-corrected chi connectivity index (χ1v) is 5.94. The fourth-order valence-electron chi connectivity index (χ4n) is 1.60. The molecule has 0 fully saturated rings. The van der Waals surface area contributed by atoms with E-state index in [1.54, 1.807) is 11.3 Å². The van der Waals surface area contributed by atoms with Gasteiger partial charge in [-0.15, -0.1) is 11.3 Å². The average Bonchev–Trinajstić information content (AvgIpc) is 2.54. The Bertz CT molecular complexity index is 358. The minimum atomic E-state index is -0.219. The van der Waals surface area contributed by atoms with Crippen molar-refractivity contribution in [1.29, 1.82) is 0 Å². The Morgan fingerprint density at radius 3 is 2.60 bits per heavy atom. The molecule has 1 rings (SSSR count). The zero-order chi connectivity index (χ0) is 11.4. The molecule has 0 aliphatic heterocycles. The van der Waals surface area contributed by atoms with Gasteiger partial charge in [-0.1, -0.05) is 6.92 Å². The molecule has 1 heterocycles. The number of hydrogen-bond donors (Lipinski definition) is 1. The van der Waals surface area contributed by atoms with Gasteiger partial charge in [-0.05, 0) is 25.8 Å². The molecule has 1 aromatic rings. The van der Waals surface area contributed by atoms with Crippen molar-refractivity contribution >= 4 is 22.3 Å². The van der Waals surface area contributed by atoms with Gasteiger partial charge in [0.1, 0.15) is 5.00 Å². The van der Waals surface area contributed by atoms with Crippen molar-refractivity contribution in [2.75, 3.05) is 19.0 Å². The molecule has 84 valence electrons. The fraction of sp³-hybridized carbons (Fsp3) is 0.545. The molecule has 0 spiro atoms. The second-order valence-corrected chi connectivity index (χ2v) is 4.39. The predicted molar refractivity (Wildman–Crippen MR) is 63.9 cm³/mol. The highest BCUT2D eigenvalue weighted by Gasteiger charge is 2.20. The highest BCUT2D eigenvalue weighted by atomic mass is 32.1. The third-order valence-electron chi connectivity index (χ3n) is 2.27. The molecule has 0 radical (unpaired) electrons. The molecule has 0 saturated carbocycles. The summed E-state index contributed by atoms with van der Waals surface area (Å²) in [5.74, 6) is -0.219. The van der Waals surface area contributed by atoms with E-state index in [1.807, 2.05) is 20.9 Å². The molecule has 1 N–H and O–H groups in total. The second kappa shape index (κ2) is 5.16. The summed E-state index contributed by atoms with van der Waals surface area (Å²) in [6.07, 6.45) is 0.859. The molecule has 0 bridgehead atoms. The van der Waals surface area contributed by atoms with Crippen molar-refractivity contribution in [2.24, 2.45) is 0 Å². The first kappa shape index (κ1) is 12.0. The first-order valence-electron chi connectivity index (χ1n) is 5.12. The van der Waals surface area contributed by atoms with E-state index < -0.39 is 0 Å². The van der Waals surface area contributed by atoms with Gasteiger partial charge >= 0.3 is 5.97 Å². The van der Waals surface area contributed by atoms with Crippen LogP contribution in [0.4, 0.5) is 5.00 Å². The standard InChI is InChI=1S/C11H17NO2S/c1-5-8-7(3)15-10(12-4)9(8)11(13)14-6-2/h12H,5-6H2,1-4H3. The maximum absolute atomic E-state index is 11.8. The summed E-state index contributed by atoms with van der Waals surface area (Å²) in [6.45, 7) is 6.33. The van der Waals surface area contributed by atoms with Gasteiger partial charge in [0.15, 0.2) is 0 Å². The average molecular weight is 227 g/mol. The SMILES string of the molecule is CCOC(=O)c1c(NC)sc(C)c1CC. The fourth-order valence-corrected chi connectivity index (χ4v) is 2.69. The summed E-state index contributed by atoms with van der Waals surface area (Å²) in [4.78, 5) is 12.9. The Balaban J connectivity index is 3.17. The van der Waals surface area contributed by atoms with Crippen LogP contribution >= 0.6 is 11.3 Å². The summed E-state index contributed by atoms with van der Waals surface area (Å²) < 4.78 is 5.05. The molecule has 15 heavy (non-hydrogen) atoms. The maximum atomic E-state index is 11.8. The van der Waals surface area contributed by atoms with E-state index >= 15 is 0 Å². The van der Waals surface area contributed by atoms with Crippen molar-refractivity contribution in [3.05, 3.63) is 16.0 Å². The summed E-state index contributed by atoms with van der Waals surface area (Å²) in [7, 11) is 1.83. The number of carbonyl (C=O) groups excluding carboxylic acids is 1. The monoisotopic (exact) mass is 227 g/mol. The number of thiophene rings is 1. The zero-order valence-corrected chi connectivity index (χ0v) is 10.5. The lowest BCUT2D eigenvalue weighted by molar-refractivity contribution is 0.0527. The number of anilines is 1. The van der Waals surface area contributed by atoms with Crippen molar-refractivity contribution in [2.45, 2.75) is 27.2 Å². The van der Waals surface area contributed by atoms with E-state index in [-0.39, 0.29) is 5.97 Å². The molecule has 0 aromatic carbocycles. The van der Waals surface area contributed by atoms with Crippen LogP contribution in [0.3, 0.4) is 0 Å². The topological polar surface area (TPSA) is 38.3 Å². The molecule has 0 amide bonds. The number of carbonyl (C=O) groups is 1. The molecule has 3 nitrogen and oxygen atoms in total. The minimum Gasteiger partial charge on any atom is -0.462 e. The van der Waals surface area contributed by atoms with Crippen molar-refractivity contribution in [3.63, 3.8) is 0 Å². The van der Waals surface area contributed by atoms with E-state index in [9.17, 15) is 4.79 Å². The zero-order valence-electron chi connectivity index (χ0n) is 9.64.